The van der Waals surface area contributed by atoms with Crippen molar-refractivity contribution in [1.29, 1.82) is 0 Å². The Bertz CT molecular complexity index is 1100. The molecular weight excluding hydrogens is 376 g/mol. The first-order valence-corrected chi connectivity index (χ1v) is 10.6. The Morgan fingerprint density at radius 2 is 1.97 bits per heavy atom. The molecule has 30 heavy (non-hydrogen) atoms. The van der Waals surface area contributed by atoms with Crippen LogP contribution in [-0.2, 0) is 24.3 Å². The quantitative estimate of drug-likeness (QED) is 0.687. The number of hydrogen-bond donors (Lipinski definition) is 1. The van der Waals surface area contributed by atoms with Gasteiger partial charge in [0.15, 0.2) is 0 Å². The number of rotatable bonds is 6. The minimum atomic E-state index is -0.373. The molecule has 0 radical (unpaired) electrons. The van der Waals surface area contributed by atoms with Crippen molar-refractivity contribution in [3.63, 3.8) is 0 Å². The zero-order valence-electron chi connectivity index (χ0n) is 17.6. The average Bonchev–Trinajstić information content (AvgIpc) is 3.07. The molecule has 1 N–H and O–H groups in total. The summed E-state index contributed by atoms with van der Waals surface area (Å²) in [5, 5.41) is 7.62. The largest absolute Gasteiger partial charge is 0.355 e. The Labute approximate surface area is 176 Å². The van der Waals surface area contributed by atoms with Gasteiger partial charge in [-0.3, -0.25) is 9.36 Å². The van der Waals surface area contributed by atoms with Gasteiger partial charge < -0.3 is 5.32 Å². The van der Waals surface area contributed by atoms with Crippen molar-refractivity contribution in [2.24, 2.45) is 0 Å². The van der Waals surface area contributed by atoms with Gasteiger partial charge in [0.05, 0.1) is 12.5 Å². The average molecular weight is 405 g/mol. The number of amides is 1. The number of aryl methyl sites for hydroxylation is 2. The lowest BCUT2D eigenvalue weighted by Crippen LogP contribution is -2.36. The predicted molar refractivity (Wildman–Crippen MR) is 117 cm³/mol. The number of aromatic nitrogens is 3. The van der Waals surface area contributed by atoms with E-state index in [0.717, 1.165) is 36.0 Å². The number of fused-ring (bicyclic) bond motifs is 1. The van der Waals surface area contributed by atoms with Gasteiger partial charge in [-0.15, -0.1) is 0 Å². The second kappa shape index (κ2) is 8.69. The molecule has 0 saturated heterocycles. The highest BCUT2D eigenvalue weighted by atomic mass is 16.2. The van der Waals surface area contributed by atoms with Crippen molar-refractivity contribution in [3.05, 3.63) is 87.1 Å². The van der Waals surface area contributed by atoms with Crippen LogP contribution in [0.25, 0.3) is 0 Å². The van der Waals surface area contributed by atoms with Gasteiger partial charge >= 0.3 is 5.69 Å². The molecule has 0 aliphatic carbocycles. The van der Waals surface area contributed by atoms with Gasteiger partial charge in [0.25, 0.3) is 0 Å². The van der Waals surface area contributed by atoms with E-state index >= 15 is 0 Å². The molecule has 156 valence electrons. The summed E-state index contributed by atoms with van der Waals surface area (Å²) in [7, 11) is 0. The van der Waals surface area contributed by atoms with Gasteiger partial charge in [0.2, 0.25) is 5.91 Å². The molecule has 1 amide bonds. The molecule has 1 aromatic heterocycles. The van der Waals surface area contributed by atoms with Gasteiger partial charge in [0.1, 0.15) is 5.82 Å². The summed E-state index contributed by atoms with van der Waals surface area (Å²) in [6, 6.07) is 16.3. The van der Waals surface area contributed by atoms with Crippen molar-refractivity contribution in [2.45, 2.75) is 52.1 Å². The molecular formula is C24H28N4O2. The van der Waals surface area contributed by atoms with E-state index in [0.29, 0.717) is 25.5 Å². The van der Waals surface area contributed by atoms with Crippen LogP contribution in [0.15, 0.2) is 53.3 Å². The Hall–Kier alpha value is -3.15. The molecule has 0 bridgehead atoms. The van der Waals surface area contributed by atoms with Crippen molar-refractivity contribution >= 4 is 5.91 Å². The van der Waals surface area contributed by atoms with Crippen LogP contribution in [0.2, 0.25) is 0 Å². The van der Waals surface area contributed by atoms with E-state index < -0.39 is 0 Å². The molecule has 2 aromatic carbocycles. The van der Waals surface area contributed by atoms with Crippen LogP contribution >= 0.6 is 0 Å². The van der Waals surface area contributed by atoms with E-state index in [2.05, 4.69) is 40.7 Å². The second-order valence-electron chi connectivity index (χ2n) is 8.10. The Morgan fingerprint density at radius 1 is 1.17 bits per heavy atom. The molecule has 1 aliphatic rings. The summed E-state index contributed by atoms with van der Waals surface area (Å²) < 4.78 is 3.18. The number of hydrogen-bond acceptors (Lipinski definition) is 3. The third kappa shape index (κ3) is 4.22. The van der Waals surface area contributed by atoms with Crippen LogP contribution in [0.1, 0.15) is 46.8 Å². The molecule has 1 aliphatic heterocycles. The van der Waals surface area contributed by atoms with Gasteiger partial charge in [-0.05, 0) is 49.8 Å². The summed E-state index contributed by atoms with van der Waals surface area (Å²) in [6.45, 7) is 5.70. The van der Waals surface area contributed by atoms with Crippen LogP contribution in [0.3, 0.4) is 0 Å². The van der Waals surface area contributed by atoms with Gasteiger partial charge in [-0.2, -0.15) is 5.10 Å². The number of nitrogens with one attached hydrogen (secondary N) is 1. The zero-order valence-corrected chi connectivity index (χ0v) is 17.6. The van der Waals surface area contributed by atoms with Gasteiger partial charge in [-0.1, -0.05) is 54.1 Å². The molecule has 2 heterocycles. The lowest BCUT2D eigenvalue weighted by atomic mass is 9.98. The van der Waals surface area contributed by atoms with Crippen LogP contribution < -0.4 is 11.0 Å². The normalized spacial score (nSPS) is 15.6. The fourth-order valence-electron chi connectivity index (χ4n) is 4.09. The maximum absolute atomic E-state index is 12.9. The summed E-state index contributed by atoms with van der Waals surface area (Å²) in [5.74, 6) is 0.173. The molecule has 6 heteroatoms. The van der Waals surface area contributed by atoms with Crippen LogP contribution in [-0.4, -0.2) is 26.8 Å². The summed E-state index contributed by atoms with van der Waals surface area (Å²) in [5.41, 5.74) is 4.43. The fourth-order valence-corrected chi connectivity index (χ4v) is 4.09. The first kappa shape index (κ1) is 20.1. The Kier molecular flexibility index (Phi) is 5.84. The third-order valence-electron chi connectivity index (χ3n) is 5.83. The summed E-state index contributed by atoms with van der Waals surface area (Å²) in [6.07, 6.45) is 2.31. The van der Waals surface area contributed by atoms with Crippen LogP contribution in [0.4, 0.5) is 0 Å². The Balaban J connectivity index is 1.49. The third-order valence-corrected chi connectivity index (χ3v) is 5.83. The smallest absolute Gasteiger partial charge is 0.346 e. The molecule has 0 spiro atoms. The van der Waals surface area contributed by atoms with Gasteiger partial charge in [0, 0.05) is 13.1 Å². The molecule has 0 fully saturated rings. The van der Waals surface area contributed by atoms with E-state index in [1.54, 1.807) is 4.57 Å². The highest BCUT2D eigenvalue weighted by molar-refractivity contribution is 5.82. The molecule has 4 rings (SSSR count). The van der Waals surface area contributed by atoms with E-state index in [-0.39, 0.29) is 17.5 Å². The first-order valence-electron chi connectivity index (χ1n) is 10.6. The van der Waals surface area contributed by atoms with E-state index in [4.69, 9.17) is 0 Å². The lowest BCUT2D eigenvalue weighted by molar-refractivity contribution is -0.123. The minimum Gasteiger partial charge on any atom is -0.355 e. The fraction of sp³-hybridized carbons (Fsp3) is 0.375. The van der Waals surface area contributed by atoms with Gasteiger partial charge in [-0.25, -0.2) is 9.48 Å². The lowest BCUT2D eigenvalue weighted by Gasteiger charge is -2.21. The minimum absolute atomic E-state index is 0.0456. The Morgan fingerprint density at radius 3 is 2.77 bits per heavy atom. The van der Waals surface area contributed by atoms with Crippen molar-refractivity contribution < 1.29 is 4.79 Å². The number of benzene rings is 2. The van der Waals surface area contributed by atoms with Crippen molar-refractivity contribution in [1.82, 2.24) is 19.7 Å². The highest BCUT2D eigenvalue weighted by Crippen LogP contribution is 2.25. The van der Waals surface area contributed by atoms with Crippen molar-refractivity contribution in [2.75, 3.05) is 6.54 Å². The maximum Gasteiger partial charge on any atom is 0.346 e. The van der Waals surface area contributed by atoms with E-state index in [1.165, 1.54) is 10.2 Å². The predicted octanol–water partition coefficient (Wildman–Crippen LogP) is 2.95. The van der Waals surface area contributed by atoms with Crippen LogP contribution in [0, 0.1) is 13.8 Å². The topological polar surface area (TPSA) is 68.9 Å². The number of carbonyl (C=O) groups is 1. The number of nitrogens with zero attached hydrogens (tertiary/aromatic N) is 3. The molecule has 0 saturated carbocycles. The highest BCUT2D eigenvalue weighted by Gasteiger charge is 2.31. The maximum atomic E-state index is 12.9. The molecule has 1 unspecified atom stereocenters. The number of carbonyl (C=O) groups excluding carboxylic acids is 1. The monoisotopic (exact) mass is 404 g/mol. The SMILES string of the molecule is Cc1ccc(C)c(Cn2nc3n(c2=O)CCCC3C(=O)NCCc2ccccc2)c1. The molecule has 6 nitrogen and oxygen atoms in total. The summed E-state index contributed by atoms with van der Waals surface area (Å²) in [4.78, 5) is 25.8. The summed E-state index contributed by atoms with van der Waals surface area (Å²) >= 11 is 0. The van der Waals surface area contributed by atoms with E-state index in [1.807, 2.05) is 32.0 Å². The standard InChI is InChI=1S/C24H28N4O2/c1-17-10-11-18(2)20(15-17)16-28-24(30)27-14-6-9-21(22(27)26-28)23(29)25-13-12-19-7-4-3-5-8-19/h3-5,7-8,10-11,15,21H,6,9,12-14,16H2,1-2H3,(H,25,29). The van der Waals surface area contributed by atoms with Crippen LogP contribution in [0.5, 0.6) is 0 Å². The molecule has 1 atom stereocenters. The zero-order chi connectivity index (χ0) is 21.1. The van der Waals surface area contributed by atoms with E-state index in [9.17, 15) is 9.59 Å². The second-order valence-corrected chi connectivity index (χ2v) is 8.10. The first-order chi connectivity index (χ1) is 14.5. The van der Waals surface area contributed by atoms with Crippen molar-refractivity contribution in [3.8, 4) is 0 Å². The molecule has 3 aromatic rings.